The van der Waals surface area contributed by atoms with Gasteiger partial charge >= 0.3 is 0 Å². The lowest BCUT2D eigenvalue weighted by Gasteiger charge is -2.06. The predicted octanol–water partition coefficient (Wildman–Crippen LogP) is 3.56. The zero-order chi connectivity index (χ0) is 11.0. The van der Waals surface area contributed by atoms with Gasteiger partial charge in [-0.1, -0.05) is 22.9 Å². The molecule has 0 aliphatic rings. The molecule has 4 heteroatoms. The standard InChI is InChI=1S/C11H12BrFN2/c1-3-8(12)11-14-9-6-7(13)4-5-10(9)15(11)2/h4-6,8H,3H2,1-2H3. The van der Waals surface area contributed by atoms with Gasteiger partial charge in [-0.15, -0.1) is 0 Å². The Morgan fingerprint density at radius 2 is 2.27 bits per heavy atom. The molecule has 1 aromatic carbocycles. The molecule has 1 heterocycles. The molecule has 1 atom stereocenters. The third-order valence-electron chi connectivity index (χ3n) is 2.52. The lowest BCUT2D eigenvalue weighted by atomic mass is 10.3. The van der Waals surface area contributed by atoms with Crippen molar-refractivity contribution in [3.63, 3.8) is 0 Å². The van der Waals surface area contributed by atoms with Crippen molar-refractivity contribution in [2.75, 3.05) is 0 Å². The number of halogens is 2. The molecule has 0 aliphatic carbocycles. The molecular formula is C11H12BrFN2. The summed E-state index contributed by atoms with van der Waals surface area (Å²) in [6.07, 6.45) is 0.958. The highest BCUT2D eigenvalue weighted by molar-refractivity contribution is 9.09. The normalized spacial score (nSPS) is 13.3. The summed E-state index contributed by atoms with van der Waals surface area (Å²) in [5.41, 5.74) is 1.68. The fraction of sp³-hybridized carbons (Fsp3) is 0.364. The molecule has 2 rings (SSSR count). The van der Waals surface area contributed by atoms with Gasteiger partial charge in [0, 0.05) is 13.1 Å². The first kappa shape index (κ1) is 10.6. The maximum Gasteiger partial charge on any atom is 0.125 e. The van der Waals surface area contributed by atoms with E-state index in [1.807, 2.05) is 11.6 Å². The Labute approximate surface area is 96.2 Å². The van der Waals surface area contributed by atoms with Crippen LogP contribution in [0.4, 0.5) is 4.39 Å². The molecule has 0 bridgehead atoms. The van der Waals surface area contributed by atoms with Crippen LogP contribution in [0.5, 0.6) is 0 Å². The molecular weight excluding hydrogens is 259 g/mol. The van der Waals surface area contributed by atoms with E-state index in [1.165, 1.54) is 12.1 Å². The molecule has 0 N–H and O–H groups in total. The Morgan fingerprint density at radius 1 is 1.53 bits per heavy atom. The maximum absolute atomic E-state index is 13.0. The van der Waals surface area contributed by atoms with Gasteiger partial charge in [0.25, 0.3) is 0 Å². The van der Waals surface area contributed by atoms with Crippen LogP contribution in [0.3, 0.4) is 0 Å². The SMILES string of the molecule is CCC(Br)c1nc2cc(F)ccc2n1C. The second-order valence-electron chi connectivity index (χ2n) is 3.54. The van der Waals surface area contributed by atoms with Crippen LogP contribution >= 0.6 is 15.9 Å². The van der Waals surface area contributed by atoms with Crippen molar-refractivity contribution < 1.29 is 4.39 Å². The number of aryl methyl sites for hydroxylation is 1. The fourth-order valence-electron chi connectivity index (χ4n) is 1.65. The molecule has 80 valence electrons. The van der Waals surface area contributed by atoms with Gasteiger partial charge in [0.2, 0.25) is 0 Å². The largest absolute Gasteiger partial charge is 0.330 e. The molecule has 0 spiro atoms. The topological polar surface area (TPSA) is 17.8 Å². The van der Waals surface area contributed by atoms with E-state index < -0.39 is 0 Å². The summed E-state index contributed by atoms with van der Waals surface area (Å²) < 4.78 is 15.0. The molecule has 2 aromatic rings. The number of hydrogen-bond donors (Lipinski definition) is 0. The summed E-state index contributed by atoms with van der Waals surface area (Å²) >= 11 is 3.56. The summed E-state index contributed by atoms with van der Waals surface area (Å²) in [4.78, 5) is 4.64. The number of alkyl halides is 1. The number of aromatic nitrogens is 2. The van der Waals surface area contributed by atoms with Crippen LogP contribution in [-0.2, 0) is 7.05 Å². The molecule has 1 unspecified atom stereocenters. The number of hydrogen-bond acceptors (Lipinski definition) is 1. The molecule has 1 aromatic heterocycles. The maximum atomic E-state index is 13.0. The van der Waals surface area contributed by atoms with Crippen molar-refractivity contribution in [1.82, 2.24) is 9.55 Å². The first-order chi connectivity index (χ1) is 7.13. The van der Waals surface area contributed by atoms with Gasteiger partial charge in [-0.3, -0.25) is 0 Å². The van der Waals surface area contributed by atoms with E-state index in [-0.39, 0.29) is 10.6 Å². The minimum Gasteiger partial charge on any atom is -0.330 e. The lowest BCUT2D eigenvalue weighted by molar-refractivity contribution is 0.629. The van der Waals surface area contributed by atoms with Crippen LogP contribution in [0.2, 0.25) is 0 Å². The van der Waals surface area contributed by atoms with E-state index in [1.54, 1.807) is 6.07 Å². The molecule has 0 amide bonds. The van der Waals surface area contributed by atoms with Crippen molar-refractivity contribution in [1.29, 1.82) is 0 Å². The Bertz CT molecular complexity index is 493. The van der Waals surface area contributed by atoms with Crippen LogP contribution < -0.4 is 0 Å². The molecule has 15 heavy (non-hydrogen) atoms. The zero-order valence-corrected chi connectivity index (χ0v) is 10.3. The molecule has 0 fully saturated rings. The highest BCUT2D eigenvalue weighted by atomic mass is 79.9. The first-order valence-corrected chi connectivity index (χ1v) is 5.81. The third kappa shape index (κ3) is 1.78. The minimum atomic E-state index is -0.241. The predicted molar refractivity (Wildman–Crippen MR) is 62.6 cm³/mol. The lowest BCUT2D eigenvalue weighted by Crippen LogP contribution is -1.99. The van der Waals surface area contributed by atoms with E-state index in [4.69, 9.17) is 0 Å². The van der Waals surface area contributed by atoms with E-state index in [0.29, 0.717) is 5.52 Å². The number of imidazole rings is 1. The summed E-state index contributed by atoms with van der Waals surface area (Å²) in [5, 5.41) is 0. The molecule has 0 aliphatic heterocycles. The summed E-state index contributed by atoms with van der Waals surface area (Å²) in [7, 11) is 1.95. The smallest absolute Gasteiger partial charge is 0.125 e. The van der Waals surface area contributed by atoms with Crippen molar-refractivity contribution in [3.05, 3.63) is 29.8 Å². The van der Waals surface area contributed by atoms with E-state index in [2.05, 4.69) is 27.8 Å². The van der Waals surface area contributed by atoms with Gasteiger partial charge in [0.1, 0.15) is 11.6 Å². The Morgan fingerprint density at radius 3 is 2.93 bits per heavy atom. The van der Waals surface area contributed by atoms with Gasteiger partial charge in [-0.05, 0) is 18.6 Å². The van der Waals surface area contributed by atoms with Gasteiger partial charge in [-0.2, -0.15) is 0 Å². The first-order valence-electron chi connectivity index (χ1n) is 4.89. The van der Waals surface area contributed by atoms with Gasteiger partial charge in [0.05, 0.1) is 15.9 Å². The molecule has 0 saturated heterocycles. The Kier molecular flexibility index (Phi) is 2.78. The second kappa shape index (κ2) is 3.93. The zero-order valence-electron chi connectivity index (χ0n) is 8.67. The monoisotopic (exact) mass is 270 g/mol. The van der Waals surface area contributed by atoms with Gasteiger partial charge in [-0.25, -0.2) is 9.37 Å². The summed E-state index contributed by atoms with van der Waals surface area (Å²) in [6.45, 7) is 2.08. The van der Waals surface area contributed by atoms with Crippen molar-refractivity contribution in [3.8, 4) is 0 Å². The number of fused-ring (bicyclic) bond motifs is 1. The Balaban J connectivity index is 2.63. The van der Waals surface area contributed by atoms with E-state index in [9.17, 15) is 4.39 Å². The van der Waals surface area contributed by atoms with Crippen LogP contribution in [-0.4, -0.2) is 9.55 Å². The van der Waals surface area contributed by atoms with Gasteiger partial charge in [0.15, 0.2) is 0 Å². The number of rotatable bonds is 2. The molecule has 0 radical (unpaired) electrons. The van der Waals surface area contributed by atoms with Crippen LogP contribution in [0, 0.1) is 5.82 Å². The Hall–Kier alpha value is -0.900. The van der Waals surface area contributed by atoms with Crippen LogP contribution in [0.15, 0.2) is 18.2 Å². The van der Waals surface area contributed by atoms with Crippen LogP contribution in [0.25, 0.3) is 11.0 Å². The average molecular weight is 271 g/mol. The van der Waals surface area contributed by atoms with Crippen molar-refractivity contribution in [2.45, 2.75) is 18.2 Å². The fourth-order valence-corrected chi connectivity index (χ4v) is 2.06. The van der Waals surface area contributed by atoms with Crippen LogP contribution in [0.1, 0.15) is 24.0 Å². The second-order valence-corrected chi connectivity index (χ2v) is 4.64. The van der Waals surface area contributed by atoms with Crippen molar-refractivity contribution in [2.24, 2.45) is 7.05 Å². The minimum absolute atomic E-state index is 0.220. The molecule has 2 nitrogen and oxygen atoms in total. The number of nitrogens with zero attached hydrogens (tertiary/aromatic N) is 2. The average Bonchev–Trinajstić information content (AvgIpc) is 2.54. The molecule has 0 saturated carbocycles. The summed E-state index contributed by atoms with van der Waals surface area (Å²) in [6, 6.07) is 4.69. The number of benzene rings is 1. The quantitative estimate of drug-likeness (QED) is 0.764. The van der Waals surface area contributed by atoms with E-state index >= 15 is 0 Å². The third-order valence-corrected chi connectivity index (χ3v) is 3.57. The summed E-state index contributed by atoms with van der Waals surface area (Å²) in [5.74, 6) is 0.702. The van der Waals surface area contributed by atoms with Crippen molar-refractivity contribution >= 4 is 27.0 Å². The van der Waals surface area contributed by atoms with E-state index in [0.717, 1.165) is 17.8 Å². The highest BCUT2D eigenvalue weighted by Gasteiger charge is 2.14. The van der Waals surface area contributed by atoms with Gasteiger partial charge < -0.3 is 4.57 Å². The highest BCUT2D eigenvalue weighted by Crippen LogP contribution is 2.28.